The Morgan fingerprint density at radius 1 is 1.04 bits per heavy atom. The first-order chi connectivity index (χ1) is 12.1. The van der Waals surface area contributed by atoms with Gasteiger partial charge in [-0.2, -0.15) is 0 Å². The van der Waals surface area contributed by atoms with Crippen LogP contribution >= 0.6 is 0 Å². The Morgan fingerprint density at radius 2 is 1.84 bits per heavy atom. The van der Waals surface area contributed by atoms with Gasteiger partial charge >= 0.3 is 5.97 Å². The van der Waals surface area contributed by atoms with Gasteiger partial charge in [-0.25, -0.2) is 0 Å². The van der Waals surface area contributed by atoms with Crippen molar-refractivity contribution < 1.29 is 9.53 Å². The van der Waals surface area contributed by atoms with Gasteiger partial charge in [-0.1, -0.05) is 37.8 Å². The highest BCUT2D eigenvalue weighted by Gasteiger charge is 2.53. The van der Waals surface area contributed by atoms with Gasteiger partial charge in [0, 0.05) is 18.0 Å². The number of ether oxygens (including phenoxy) is 1. The van der Waals surface area contributed by atoms with Crippen LogP contribution in [0.25, 0.3) is 0 Å². The highest BCUT2D eigenvalue weighted by molar-refractivity contribution is 5.75. The van der Waals surface area contributed by atoms with Gasteiger partial charge in [-0.05, 0) is 64.3 Å². The number of cyclic esters (lactones) is 1. The second kappa shape index (κ2) is 7.06. The Labute approximate surface area is 153 Å². The predicted molar refractivity (Wildman–Crippen MR) is 100 cm³/mol. The molecule has 0 aromatic heterocycles. The zero-order valence-electron chi connectivity index (χ0n) is 16.2. The van der Waals surface area contributed by atoms with Gasteiger partial charge < -0.3 is 4.74 Å². The summed E-state index contributed by atoms with van der Waals surface area (Å²) >= 11 is 0. The van der Waals surface area contributed by atoms with Crippen LogP contribution in [0.4, 0.5) is 0 Å². The van der Waals surface area contributed by atoms with E-state index in [1.165, 1.54) is 44.9 Å². The fourth-order valence-corrected chi connectivity index (χ4v) is 6.43. The standard InChI is InChI=1S/C22H35NO2/c1-14-7-6-9-17(23(14)3)11-12-19-18-10-5-4-8-16(18)13-20-21(19)15(2)25-22(20)24/h11-12,14-21H,4-10,13H2,1-3H3/t14-,15-,16+,17+,18-,19+,20-,21+/m0/s1. The summed E-state index contributed by atoms with van der Waals surface area (Å²) in [6, 6.07) is 1.25. The van der Waals surface area contributed by atoms with Crippen LogP contribution in [-0.4, -0.2) is 36.1 Å². The highest BCUT2D eigenvalue weighted by Crippen LogP contribution is 2.53. The molecule has 2 saturated heterocycles. The molecule has 3 heteroatoms. The number of hydrogen-bond acceptors (Lipinski definition) is 3. The molecule has 8 atom stereocenters. The highest BCUT2D eigenvalue weighted by atomic mass is 16.6. The quantitative estimate of drug-likeness (QED) is 0.548. The van der Waals surface area contributed by atoms with E-state index < -0.39 is 0 Å². The first-order valence-corrected chi connectivity index (χ1v) is 10.7. The minimum Gasteiger partial charge on any atom is -0.462 e. The lowest BCUT2D eigenvalue weighted by atomic mass is 9.57. The van der Waals surface area contributed by atoms with Crippen LogP contribution in [0.5, 0.6) is 0 Å². The van der Waals surface area contributed by atoms with Crippen molar-refractivity contribution in [3.05, 3.63) is 12.2 Å². The summed E-state index contributed by atoms with van der Waals surface area (Å²) in [6.07, 6.45) is 15.5. The molecule has 4 fully saturated rings. The smallest absolute Gasteiger partial charge is 0.309 e. The Bertz CT molecular complexity index is 530. The Morgan fingerprint density at radius 3 is 2.68 bits per heavy atom. The third-order valence-electron chi connectivity index (χ3n) is 7.97. The van der Waals surface area contributed by atoms with Crippen molar-refractivity contribution in [2.75, 3.05) is 7.05 Å². The first-order valence-electron chi connectivity index (χ1n) is 10.7. The van der Waals surface area contributed by atoms with Crippen LogP contribution in [0.1, 0.15) is 65.2 Å². The number of esters is 1. The van der Waals surface area contributed by atoms with Crippen molar-refractivity contribution >= 4 is 5.97 Å². The topological polar surface area (TPSA) is 29.5 Å². The largest absolute Gasteiger partial charge is 0.462 e. The molecule has 2 aliphatic carbocycles. The fraction of sp³-hybridized carbons (Fsp3) is 0.864. The normalized spacial score (nSPS) is 48.2. The van der Waals surface area contributed by atoms with Gasteiger partial charge in [0.1, 0.15) is 6.10 Å². The molecule has 0 spiro atoms. The molecule has 4 rings (SSSR count). The number of carbonyl (C=O) groups excluding carboxylic acids is 1. The summed E-state index contributed by atoms with van der Waals surface area (Å²) in [6.45, 7) is 4.47. The van der Waals surface area contributed by atoms with Gasteiger partial charge in [-0.15, -0.1) is 0 Å². The van der Waals surface area contributed by atoms with Crippen LogP contribution in [0.3, 0.4) is 0 Å². The first kappa shape index (κ1) is 17.6. The summed E-state index contributed by atoms with van der Waals surface area (Å²) < 4.78 is 5.69. The Balaban J connectivity index is 1.57. The number of likely N-dealkylation sites (tertiary alicyclic amines) is 1. The molecule has 0 N–H and O–H groups in total. The second-order valence-corrected chi connectivity index (χ2v) is 9.24. The Kier molecular flexibility index (Phi) is 4.96. The number of likely N-dealkylation sites (N-methyl/N-ethyl adjacent to an activating group) is 1. The van der Waals surface area contributed by atoms with Crippen LogP contribution in [-0.2, 0) is 9.53 Å². The van der Waals surface area contributed by atoms with Crippen molar-refractivity contribution in [2.45, 2.75) is 83.4 Å². The molecule has 0 aromatic carbocycles. The van der Waals surface area contributed by atoms with Gasteiger partial charge in [-0.3, -0.25) is 9.69 Å². The molecule has 3 nitrogen and oxygen atoms in total. The van der Waals surface area contributed by atoms with E-state index in [4.69, 9.17) is 4.74 Å². The average Bonchev–Trinajstić information content (AvgIpc) is 2.89. The minimum absolute atomic E-state index is 0.0864. The van der Waals surface area contributed by atoms with Crippen LogP contribution in [0, 0.1) is 29.6 Å². The summed E-state index contributed by atoms with van der Waals surface area (Å²) in [5.41, 5.74) is 0. The lowest BCUT2D eigenvalue weighted by Crippen LogP contribution is -2.44. The van der Waals surface area contributed by atoms with Crippen molar-refractivity contribution in [1.29, 1.82) is 0 Å². The minimum atomic E-state index is 0.0864. The maximum Gasteiger partial charge on any atom is 0.309 e. The fourth-order valence-electron chi connectivity index (χ4n) is 6.43. The van der Waals surface area contributed by atoms with E-state index in [1.54, 1.807) is 0 Å². The molecule has 0 aromatic rings. The van der Waals surface area contributed by atoms with Crippen LogP contribution in [0.15, 0.2) is 12.2 Å². The van der Waals surface area contributed by atoms with Gasteiger partial charge in [0.15, 0.2) is 0 Å². The maximum atomic E-state index is 12.4. The lowest BCUT2D eigenvalue weighted by Gasteiger charge is -2.46. The molecule has 0 amide bonds. The number of fused-ring (bicyclic) bond motifs is 2. The van der Waals surface area contributed by atoms with Crippen molar-refractivity contribution in [3.63, 3.8) is 0 Å². The molecule has 140 valence electrons. The number of piperidine rings is 1. The molecule has 0 unspecified atom stereocenters. The number of nitrogens with zero attached hydrogens (tertiary/aromatic N) is 1. The zero-order chi connectivity index (χ0) is 17.6. The van der Waals surface area contributed by atoms with Crippen LogP contribution in [0.2, 0.25) is 0 Å². The molecular formula is C22H35NO2. The molecule has 4 aliphatic rings. The van der Waals surface area contributed by atoms with Gasteiger partial charge in [0.2, 0.25) is 0 Å². The summed E-state index contributed by atoms with van der Waals surface area (Å²) in [4.78, 5) is 14.9. The summed E-state index contributed by atoms with van der Waals surface area (Å²) in [5.74, 6) is 2.71. The van der Waals surface area contributed by atoms with Gasteiger partial charge in [0.25, 0.3) is 0 Å². The predicted octanol–water partition coefficient (Wildman–Crippen LogP) is 4.42. The third kappa shape index (κ3) is 3.18. The molecule has 25 heavy (non-hydrogen) atoms. The number of rotatable bonds is 2. The van der Waals surface area contributed by atoms with Crippen molar-refractivity contribution in [1.82, 2.24) is 4.90 Å². The molecule has 2 heterocycles. The summed E-state index contributed by atoms with van der Waals surface area (Å²) in [7, 11) is 2.27. The number of carbonyl (C=O) groups is 1. The molecule has 2 aliphatic heterocycles. The third-order valence-corrected chi connectivity index (χ3v) is 7.97. The molecule has 0 radical (unpaired) electrons. The monoisotopic (exact) mass is 345 g/mol. The van der Waals surface area contributed by atoms with E-state index in [0.717, 1.165) is 18.3 Å². The van der Waals surface area contributed by atoms with E-state index in [1.807, 2.05) is 0 Å². The number of hydrogen-bond donors (Lipinski definition) is 0. The molecule has 0 bridgehead atoms. The van der Waals surface area contributed by atoms with E-state index >= 15 is 0 Å². The lowest BCUT2D eigenvalue weighted by molar-refractivity contribution is -0.144. The van der Waals surface area contributed by atoms with Crippen LogP contribution < -0.4 is 0 Å². The average molecular weight is 346 g/mol. The number of allylic oxidation sites excluding steroid dienone is 1. The second-order valence-electron chi connectivity index (χ2n) is 9.24. The van der Waals surface area contributed by atoms with Crippen molar-refractivity contribution in [2.24, 2.45) is 29.6 Å². The van der Waals surface area contributed by atoms with E-state index in [2.05, 4.69) is 37.9 Å². The SMILES string of the molecule is C[C@@H]1OC(=O)[C@H]2C[C@H]3CCCC[C@@H]3[C@@H](C=C[C@H]3CCC[C@H](C)N3C)[C@@H]12. The van der Waals surface area contributed by atoms with Crippen molar-refractivity contribution in [3.8, 4) is 0 Å². The molecular weight excluding hydrogens is 310 g/mol. The maximum absolute atomic E-state index is 12.4. The molecule has 2 saturated carbocycles. The Hall–Kier alpha value is -0.830. The summed E-state index contributed by atoms with van der Waals surface area (Å²) in [5, 5.41) is 0. The zero-order valence-corrected chi connectivity index (χ0v) is 16.2. The van der Waals surface area contributed by atoms with E-state index in [9.17, 15) is 4.79 Å². The van der Waals surface area contributed by atoms with Gasteiger partial charge in [0.05, 0.1) is 5.92 Å². The van der Waals surface area contributed by atoms with E-state index in [0.29, 0.717) is 23.9 Å². The van der Waals surface area contributed by atoms with E-state index in [-0.39, 0.29) is 18.0 Å².